The van der Waals surface area contributed by atoms with E-state index in [4.69, 9.17) is 4.42 Å². The number of pyridine rings is 1. The van der Waals surface area contributed by atoms with Crippen molar-refractivity contribution in [2.24, 2.45) is 0 Å². The van der Waals surface area contributed by atoms with Gasteiger partial charge in [0.2, 0.25) is 0 Å². The van der Waals surface area contributed by atoms with Crippen LogP contribution in [-0.2, 0) is 0 Å². The largest absolute Gasteiger partial charge is 0.423 e. The van der Waals surface area contributed by atoms with E-state index in [1.54, 1.807) is 24.7 Å². The maximum atomic E-state index is 12.4. The summed E-state index contributed by atoms with van der Waals surface area (Å²) in [6.07, 6.45) is 4.67. The van der Waals surface area contributed by atoms with Crippen molar-refractivity contribution in [1.29, 1.82) is 0 Å². The van der Waals surface area contributed by atoms with Gasteiger partial charge in [0.15, 0.2) is 11.4 Å². The zero-order valence-corrected chi connectivity index (χ0v) is 11.9. The second kappa shape index (κ2) is 5.38. The normalized spacial score (nSPS) is 10.8. The number of anilines is 1. The number of aromatic amines is 1. The first-order valence-corrected chi connectivity index (χ1v) is 6.92. The van der Waals surface area contributed by atoms with E-state index in [-0.39, 0.29) is 11.9 Å². The number of aromatic nitrogens is 4. The Morgan fingerprint density at radius 3 is 2.83 bits per heavy atom. The summed E-state index contributed by atoms with van der Waals surface area (Å²) >= 11 is 0. The molecule has 0 spiro atoms. The van der Waals surface area contributed by atoms with Gasteiger partial charge < -0.3 is 4.42 Å². The molecule has 4 rings (SSSR count). The number of benzene rings is 1. The zero-order valence-electron chi connectivity index (χ0n) is 11.9. The number of hydrogen-bond donors (Lipinski definition) is 2. The molecule has 2 N–H and O–H groups in total. The van der Waals surface area contributed by atoms with Crippen LogP contribution in [0.15, 0.2) is 59.4 Å². The molecule has 0 saturated carbocycles. The predicted octanol–water partition coefficient (Wildman–Crippen LogP) is 2.87. The van der Waals surface area contributed by atoms with Gasteiger partial charge in [0.1, 0.15) is 0 Å². The van der Waals surface area contributed by atoms with Gasteiger partial charge in [-0.3, -0.25) is 15.2 Å². The molecule has 4 aromatic rings. The molecular weight excluding hydrogens is 294 g/mol. The summed E-state index contributed by atoms with van der Waals surface area (Å²) < 4.78 is 5.57. The fourth-order valence-corrected chi connectivity index (χ4v) is 2.28. The van der Waals surface area contributed by atoms with E-state index in [9.17, 15) is 4.79 Å². The van der Waals surface area contributed by atoms with E-state index in [2.05, 4.69) is 25.5 Å². The van der Waals surface area contributed by atoms with Crippen LogP contribution in [0.1, 0.15) is 10.4 Å². The van der Waals surface area contributed by atoms with E-state index < -0.39 is 0 Å². The van der Waals surface area contributed by atoms with Crippen LogP contribution in [0, 0.1) is 0 Å². The fraction of sp³-hybridized carbons (Fsp3) is 0. The highest BCUT2D eigenvalue weighted by Gasteiger charge is 2.15. The molecule has 0 radical (unpaired) electrons. The molecule has 0 bridgehead atoms. The van der Waals surface area contributed by atoms with Gasteiger partial charge in [0, 0.05) is 11.8 Å². The molecule has 7 heteroatoms. The highest BCUT2D eigenvalue weighted by atomic mass is 16.4. The Bertz CT molecular complexity index is 974. The zero-order chi connectivity index (χ0) is 15.6. The molecule has 0 saturated heterocycles. The number of rotatable bonds is 3. The molecule has 1 amide bonds. The van der Waals surface area contributed by atoms with Crippen LogP contribution in [0.3, 0.4) is 0 Å². The van der Waals surface area contributed by atoms with Crippen molar-refractivity contribution in [2.45, 2.75) is 0 Å². The highest BCUT2D eigenvalue weighted by Crippen LogP contribution is 2.23. The van der Waals surface area contributed by atoms with Gasteiger partial charge in [-0.25, -0.2) is 9.97 Å². The van der Waals surface area contributed by atoms with Crippen LogP contribution >= 0.6 is 0 Å². The number of oxazole rings is 1. The maximum absolute atomic E-state index is 12.4. The third-order valence-corrected chi connectivity index (χ3v) is 3.38. The molecule has 112 valence electrons. The van der Waals surface area contributed by atoms with Gasteiger partial charge in [-0.05, 0) is 6.07 Å². The highest BCUT2D eigenvalue weighted by molar-refractivity contribution is 6.11. The fourth-order valence-electron chi connectivity index (χ4n) is 2.28. The molecule has 1 aromatic carbocycles. The Morgan fingerprint density at radius 2 is 1.96 bits per heavy atom. The van der Waals surface area contributed by atoms with Gasteiger partial charge in [-0.1, -0.05) is 30.3 Å². The summed E-state index contributed by atoms with van der Waals surface area (Å²) in [4.78, 5) is 20.6. The molecule has 0 unspecified atom stereocenters. The maximum Gasteiger partial charge on any atom is 0.302 e. The number of nitrogens with one attached hydrogen (secondary N) is 2. The Kier molecular flexibility index (Phi) is 3.09. The first-order valence-electron chi connectivity index (χ1n) is 6.92. The van der Waals surface area contributed by atoms with Crippen LogP contribution < -0.4 is 5.32 Å². The van der Waals surface area contributed by atoms with Crippen LogP contribution in [-0.4, -0.2) is 26.1 Å². The van der Waals surface area contributed by atoms with Crippen molar-refractivity contribution >= 4 is 23.0 Å². The lowest BCUT2D eigenvalue weighted by Gasteiger charge is -2.01. The number of carbonyl (C=O) groups excluding carboxylic acids is 1. The van der Waals surface area contributed by atoms with Gasteiger partial charge in [-0.15, -0.1) is 0 Å². The Labute approximate surface area is 130 Å². The first kappa shape index (κ1) is 13.2. The van der Waals surface area contributed by atoms with Gasteiger partial charge in [0.05, 0.1) is 23.3 Å². The minimum atomic E-state index is -0.333. The second-order valence-corrected chi connectivity index (χ2v) is 4.84. The van der Waals surface area contributed by atoms with E-state index >= 15 is 0 Å². The standard InChI is InChI=1S/C16H11N5O2/c22-15(11-6-7-17-14-12(11)8-19-21-14)20-16-18-9-13(23-16)10-4-2-1-3-5-10/h1-9H,(H,17,19,21)(H,18,20,22). The molecule has 7 nitrogen and oxygen atoms in total. The van der Waals surface area contributed by atoms with Gasteiger partial charge in [0.25, 0.3) is 5.91 Å². The van der Waals surface area contributed by atoms with Crippen molar-refractivity contribution in [2.75, 3.05) is 5.32 Å². The number of hydrogen-bond acceptors (Lipinski definition) is 5. The molecule has 0 atom stereocenters. The lowest BCUT2D eigenvalue weighted by molar-refractivity contribution is 0.102. The summed E-state index contributed by atoms with van der Waals surface area (Å²) in [7, 11) is 0. The molecule has 23 heavy (non-hydrogen) atoms. The van der Waals surface area contributed by atoms with Crippen LogP contribution in [0.4, 0.5) is 6.01 Å². The monoisotopic (exact) mass is 305 g/mol. The number of nitrogens with zero attached hydrogens (tertiary/aromatic N) is 3. The van der Waals surface area contributed by atoms with Crippen molar-refractivity contribution in [3.8, 4) is 11.3 Å². The van der Waals surface area contributed by atoms with E-state index in [1.165, 1.54) is 0 Å². The second-order valence-electron chi connectivity index (χ2n) is 4.84. The van der Waals surface area contributed by atoms with Gasteiger partial charge >= 0.3 is 6.01 Å². The SMILES string of the molecule is O=C(Nc1ncc(-c2ccccc2)o1)c1ccnc2[nH]ncc12. The molecule has 0 fully saturated rings. The third-order valence-electron chi connectivity index (χ3n) is 3.38. The molecular formula is C16H11N5O2. The van der Waals surface area contributed by atoms with Crippen molar-refractivity contribution in [3.63, 3.8) is 0 Å². The lowest BCUT2D eigenvalue weighted by Crippen LogP contribution is -2.12. The van der Waals surface area contributed by atoms with Gasteiger partial charge in [-0.2, -0.15) is 5.10 Å². The Morgan fingerprint density at radius 1 is 1.09 bits per heavy atom. The Balaban J connectivity index is 1.60. The van der Waals surface area contributed by atoms with Crippen LogP contribution in [0.2, 0.25) is 0 Å². The predicted molar refractivity (Wildman–Crippen MR) is 83.8 cm³/mol. The number of fused-ring (bicyclic) bond motifs is 1. The average molecular weight is 305 g/mol. The lowest BCUT2D eigenvalue weighted by atomic mass is 10.2. The Hall–Kier alpha value is -3.48. The number of carbonyl (C=O) groups is 1. The van der Waals surface area contributed by atoms with E-state index in [1.807, 2.05) is 30.3 Å². The molecule has 0 aliphatic heterocycles. The third kappa shape index (κ3) is 2.44. The van der Waals surface area contributed by atoms with Crippen molar-refractivity contribution in [1.82, 2.24) is 20.2 Å². The number of H-pyrrole nitrogens is 1. The quantitative estimate of drug-likeness (QED) is 0.606. The van der Waals surface area contributed by atoms with Crippen LogP contribution in [0.5, 0.6) is 0 Å². The molecule has 0 aliphatic rings. The van der Waals surface area contributed by atoms with E-state index in [0.717, 1.165) is 5.56 Å². The van der Waals surface area contributed by atoms with Crippen molar-refractivity contribution in [3.05, 3.63) is 60.6 Å². The summed E-state index contributed by atoms with van der Waals surface area (Å²) in [6, 6.07) is 11.3. The summed E-state index contributed by atoms with van der Waals surface area (Å²) in [5.74, 6) is 0.254. The average Bonchev–Trinajstić information content (AvgIpc) is 3.24. The smallest absolute Gasteiger partial charge is 0.302 e. The topological polar surface area (TPSA) is 96.7 Å². The molecule has 0 aliphatic carbocycles. The summed E-state index contributed by atoms with van der Waals surface area (Å²) in [5.41, 5.74) is 1.89. The summed E-state index contributed by atoms with van der Waals surface area (Å²) in [5, 5.41) is 9.90. The minimum Gasteiger partial charge on any atom is -0.423 e. The minimum absolute atomic E-state index is 0.141. The summed E-state index contributed by atoms with van der Waals surface area (Å²) in [6.45, 7) is 0. The van der Waals surface area contributed by atoms with E-state index in [0.29, 0.717) is 22.4 Å². The van der Waals surface area contributed by atoms with Crippen molar-refractivity contribution < 1.29 is 9.21 Å². The number of amides is 1. The molecule has 3 aromatic heterocycles. The van der Waals surface area contributed by atoms with Crippen LogP contribution in [0.25, 0.3) is 22.4 Å². The molecule has 3 heterocycles. The first-order chi connectivity index (χ1) is 11.3.